The predicted molar refractivity (Wildman–Crippen MR) is 255 cm³/mol. The van der Waals surface area contributed by atoms with Crippen LogP contribution in [0.15, 0.2) is 71.1 Å². The maximum absolute atomic E-state index is 13.7. The highest BCUT2D eigenvalue weighted by atomic mass is 33.1. The molecule has 0 bridgehead atoms. The fourth-order valence-electron chi connectivity index (χ4n) is 15.5. The molecule has 2 spiro atoms. The van der Waals surface area contributed by atoms with Crippen LogP contribution in [0.2, 0.25) is 0 Å². The van der Waals surface area contributed by atoms with Gasteiger partial charge < -0.3 is 38.6 Å². The smallest absolute Gasteiger partial charge is 0.307 e. The maximum Gasteiger partial charge on any atom is 0.307 e. The summed E-state index contributed by atoms with van der Waals surface area (Å²) >= 11 is 0. The first-order chi connectivity index (χ1) is 31.6. The van der Waals surface area contributed by atoms with Gasteiger partial charge in [0.1, 0.15) is 41.9 Å². The van der Waals surface area contributed by atoms with E-state index in [2.05, 4.69) is 72.1 Å². The molecule has 0 radical (unpaired) electrons. The lowest BCUT2D eigenvalue weighted by atomic mass is 9.46. The third-order valence-electron chi connectivity index (χ3n) is 19.2. The number of aliphatic hydroxyl groups excluding tert-OH is 2. The molecule has 9 fully saturated rings. The van der Waals surface area contributed by atoms with Gasteiger partial charge in [0.25, 0.3) is 0 Å². The summed E-state index contributed by atoms with van der Waals surface area (Å²) in [6.07, 6.45) is 18.6. The number of rotatable bonds is 15. The van der Waals surface area contributed by atoms with Gasteiger partial charge in [-0.25, -0.2) is 0 Å². The van der Waals surface area contributed by atoms with Crippen LogP contribution in [0.4, 0.5) is 0 Å². The van der Waals surface area contributed by atoms with Crippen molar-refractivity contribution in [2.45, 2.75) is 184 Å². The molecule has 66 heavy (non-hydrogen) atoms. The third kappa shape index (κ3) is 7.03. The van der Waals surface area contributed by atoms with E-state index in [0.717, 1.165) is 55.4 Å². The van der Waals surface area contributed by atoms with Gasteiger partial charge in [-0.15, -0.1) is 0 Å². The zero-order chi connectivity index (χ0) is 46.1. The number of carbonyl (C=O) groups is 2. The summed E-state index contributed by atoms with van der Waals surface area (Å²) in [4.78, 5) is 26.9. The van der Waals surface area contributed by atoms with Crippen molar-refractivity contribution in [1.82, 2.24) is 0 Å². The summed E-state index contributed by atoms with van der Waals surface area (Å²) in [5.74, 6) is 3.71. The summed E-state index contributed by atoms with van der Waals surface area (Å²) in [7, 11) is 3.11. The Balaban J connectivity index is 0.654. The van der Waals surface area contributed by atoms with E-state index >= 15 is 0 Å². The first kappa shape index (κ1) is 46.1. The second kappa shape index (κ2) is 16.6. The van der Waals surface area contributed by atoms with Gasteiger partial charge in [-0.05, 0) is 134 Å². The minimum Gasteiger partial charge on any atom is -0.490 e. The third-order valence-corrected chi connectivity index (χ3v) is 21.6. The summed E-state index contributed by atoms with van der Waals surface area (Å²) in [5, 5.41) is 21.4. The molecule has 0 amide bonds. The SMILES string of the molecule is C=C1OCC2=C1CC[C@@]1(C)[C@H]2C[C@@H]2O[C@@]23[C@H](OC(=O)CCSSCCC(=O)O[C@H]2C[C@H](O)C/C(=C/C=C4\CCC[C@@]5(C)C4CCC5[C@@H](C)/C=C/C(O)C4CC4)C2=C)[C@@]2(C(C)C)O[C@H]2[C@@H]2O[C@@]231. The molecule has 10 nitrogen and oxygen atoms in total. The van der Waals surface area contributed by atoms with E-state index in [1.165, 1.54) is 42.4 Å². The van der Waals surface area contributed by atoms with E-state index < -0.39 is 35.1 Å². The van der Waals surface area contributed by atoms with Gasteiger partial charge in [0.2, 0.25) is 0 Å². The number of hydrogen-bond donors (Lipinski definition) is 2. The Morgan fingerprint density at radius 3 is 2.39 bits per heavy atom. The van der Waals surface area contributed by atoms with Crippen molar-refractivity contribution < 1.29 is 48.2 Å². The Hall–Kier alpha value is -2.32. The highest BCUT2D eigenvalue weighted by Gasteiger charge is 3.01. The lowest BCUT2D eigenvalue weighted by Gasteiger charge is -2.53. The monoisotopic (exact) mass is 944 g/mol. The van der Waals surface area contributed by atoms with Crippen LogP contribution < -0.4 is 0 Å². The quantitative estimate of drug-likeness (QED) is 0.0532. The molecule has 16 atom stereocenters. The van der Waals surface area contributed by atoms with Crippen LogP contribution in [0.5, 0.6) is 0 Å². The molecule has 0 aromatic rings. The Morgan fingerprint density at radius 1 is 0.894 bits per heavy atom. The molecule has 6 saturated carbocycles. The average molecular weight is 945 g/mol. The molecule has 360 valence electrons. The van der Waals surface area contributed by atoms with Crippen LogP contribution in [0.25, 0.3) is 0 Å². The standard InChI is InChI=1S/C54H72O10S2/c1-29(2)52-47(63-52)48-54(64-48)51(7)22-18-37-32(5)59-28-38(37)41(51)27-44-53(54,62-44)49(52)61-46(58)20-24-66-65-23-19-45(57)60-43-26-36(55)25-35(31(43)4)14-11-33-9-8-21-50(6)39(15-16-40(33)50)30(3)10-17-42(56)34-12-13-34/h10-11,14,17,29-30,34,36,39-44,47-49,55-56H,4-5,8-9,12-13,15-16,18-28H2,1-3,6-7H3/b17-10+,33-11+,35-14-/t30-,36+,39?,40?,41-,42?,43-,44-,47-,48-,49+,50+,51-,52-,53+,54+/m0/s1. The summed E-state index contributed by atoms with van der Waals surface area (Å²) < 4.78 is 38.8. The Kier molecular flexibility index (Phi) is 11.6. The predicted octanol–water partition coefficient (Wildman–Crippen LogP) is 9.46. The molecular formula is C54H72O10S2. The number of ether oxygens (including phenoxy) is 6. The lowest BCUT2D eigenvalue weighted by molar-refractivity contribution is -0.168. The van der Waals surface area contributed by atoms with E-state index in [0.29, 0.717) is 54.6 Å². The number of hydrogen-bond acceptors (Lipinski definition) is 12. The second-order valence-electron chi connectivity index (χ2n) is 22.9. The van der Waals surface area contributed by atoms with Gasteiger partial charge >= 0.3 is 11.9 Å². The number of aliphatic hydroxyl groups is 2. The fraction of sp³-hybridized carbons (Fsp3) is 0.741. The zero-order valence-electron chi connectivity index (χ0n) is 39.7. The molecule has 2 N–H and O–H groups in total. The second-order valence-corrected chi connectivity index (χ2v) is 25.6. The molecule has 0 aromatic carbocycles. The summed E-state index contributed by atoms with van der Waals surface area (Å²) in [6, 6.07) is 0. The molecular weight excluding hydrogens is 873 g/mol. The fourth-order valence-corrected chi connectivity index (χ4v) is 17.4. The van der Waals surface area contributed by atoms with E-state index in [9.17, 15) is 19.8 Å². The van der Waals surface area contributed by atoms with Crippen LogP contribution in [-0.2, 0) is 38.0 Å². The molecule has 0 aromatic heterocycles. The summed E-state index contributed by atoms with van der Waals surface area (Å²) in [6.45, 7) is 20.6. The van der Waals surface area contributed by atoms with Crippen molar-refractivity contribution in [3.8, 4) is 0 Å². The van der Waals surface area contributed by atoms with E-state index in [4.69, 9.17) is 28.4 Å². The Bertz CT molecular complexity index is 2180. The Labute approximate surface area is 399 Å². The Morgan fingerprint density at radius 2 is 1.65 bits per heavy atom. The highest BCUT2D eigenvalue weighted by Crippen LogP contribution is 2.83. The largest absolute Gasteiger partial charge is 0.490 e. The normalized spacial score (nSPS) is 45.8. The van der Waals surface area contributed by atoms with Gasteiger partial charge in [-0.2, -0.15) is 0 Å². The van der Waals surface area contributed by atoms with E-state index in [1.807, 2.05) is 0 Å². The topological polar surface area (TPSA) is 140 Å². The van der Waals surface area contributed by atoms with Crippen LogP contribution >= 0.6 is 21.6 Å². The van der Waals surface area contributed by atoms with Crippen LogP contribution in [-0.4, -0.2) is 99.8 Å². The van der Waals surface area contributed by atoms with Gasteiger partial charge in [0.15, 0.2) is 11.7 Å². The first-order valence-corrected chi connectivity index (χ1v) is 27.9. The minimum atomic E-state index is -0.713. The summed E-state index contributed by atoms with van der Waals surface area (Å²) in [5.41, 5.74) is 3.99. The molecule has 3 saturated heterocycles. The van der Waals surface area contributed by atoms with Crippen molar-refractivity contribution in [2.24, 2.45) is 46.3 Å². The zero-order valence-corrected chi connectivity index (χ0v) is 41.4. The molecule has 7 aliphatic carbocycles. The van der Waals surface area contributed by atoms with Crippen molar-refractivity contribution in [3.05, 3.63) is 71.1 Å². The lowest BCUT2D eigenvalue weighted by Crippen LogP contribution is -2.70. The van der Waals surface area contributed by atoms with Gasteiger partial charge in [0.05, 0.1) is 31.2 Å². The molecule has 11 aliphatic rings. The van der Waals surface area contributed by atoms with Gasteiger partial charge in [-0.1, -0.05) is 99.2 Å². The minimum absolute atomic E-state index is 0.0729. The van der Waals surface area contributed by atoms with Crippen LogP contribution in [0.1, 0.15) is 125 Å². The van der Waals surface area contributed by atoms with Crippen molar-refractivity contribution >= 4 is 33.5 Å². The molecule has 11 rings (SSSR count). The highest BCUT2D eigenvalue weighted by molar-refractivity contribution is 8.76. The number of carbonyl (C=O) groups excluding carboxylic acids is 2. The number of esters is 2. The number of fused-ring (bicyclic) bond motifs is 5. The number of epoxide rings is 3. The molecule has 4 heterocycles. The maximum atomic E-state index is 13.7. The molecule has 12 heteroatoms. The van der Waals surface area contributed by atoms with E-state index in [1.54, 1.807) is 21.6 Å². The van der Waals surface area contributed by atoms with Gasteiger partial charge in [-0.3, -0.25) is 9.59 Å². The van der Waals surface area contributed by atoms with Gasteiger partial charge in [0, 0.05) is 23.3 Å². The van der Waals surface area contributed by atoms with Crippen LogP contribution in [0, 0.1) is 46.3 Å². The van der Waals surface area contributed by atoms with Crippen molar-refractivity contribution in [2.75, 3.05) is 18.1 Å². The average Bonchev–Trinajstić information content (AvgIpc) is 4.12. The molecule has 4 aliphatic heterocycles. The molecule has 3 unspecified atom stereocenters. The van der Waals surface area contributed by atoms with E-state index in [-0.39, 0.29) is 71.9 Å². The van der Waals surface area contributed by atoms with Crippen molar-refractivity contribution in [3.63, 3.8) is 0 Å². The first-order valence-electron chi connectivity index (χ1n) is 25.4. The number of allylic oxidation sites excluding steroid dienone is 5. The van der Waals surface area contributed by atoms with Crippen LogP contribution in [0.3, 0.4) is 0 Å². The van der Waals surface area contributed by atoms with Crippen molar-refractivity contribution in [1.29, 1.82) is 0 Å².